The summed E-state index contributed by atoms with van der Waals surface area (Å²) in [4.78, 5) is 12.5. The molecule has 32 heavy (non-hydrogen) atoms. The summed E-state index contributed by atoms with van der Waals surface area (Å²) in [6, 6.07) is 17.6. The van der Waals surface area contributed by atoms with Crippen LogP contribution in [0.4, 0.5) is 15.8 Å². The molecule has 4 aromatic rings. The van der Waals surface area contributed by atoms with Crippen molar-refractivity contribution in [3.63, 3.8) is 0 Å². The number of nitrogens with one attached hydrogen (secondary N) is 1. The first-order valence-electron chi connectivity index (χ1n) is 10.3. The molecule has 3 N–H and O–H groups in total. The Morgan fingerprint density at radius 1 is 1.00 bits per heavy atom. The van der Waals surface area contributed by atoms with Crippen molar-refractivity contribution in [1.82, 2.24) is 15.0 Å². The molecule has 0 saturated heterocycles. The minimum atomic E-state index is -0.299. The molecule has 7 heteroatoms. The summed E-state index contributed by atoms with van der Waals surface area (Å²) < 4.78 is 14.9. The number of nitrogens with two attached hydrogens (primary N) is 1. The molecule has 1 aromatic heterocycles. The van der Waals surface area contributed by atoms with Gasteiger partial charge < -0.3 is 11.1 Å². The number of halogens is 1. The number of rotatable bonds is 6. The topological polar surface area (TPSA) is 85.8 Å². The molecule has 0 atom stereocenters. The lowest BCUT2D eigenvalue weighted by Crippen LogP contribution is -2.13. The SMILES string of the molecule is Cc1ccc(-n2cc(CCC(=O)Nc3cc(-c4ccc(F)cc4)ccc3N)nn2)cc1C. The molecule has 0 bridgehead atoms. The van der Waals surface area contributed by atoms with E-state index in [0.717, 1.165) is 22.5 Å². The van der Waals surface area contributed by atoms with Gasteiger partial charge in [0.15, 0.2) is 0 Å². The van der Waals surface area contributed by atoms with Gasteiger partial charge in [-0.3, -0.25) is 4.79 Å². The number of carbonyl (C=O) groups is 1. The van der Waals surface area contributed by atoms with E-state index >= 15 is 0 Å². The first-order valence-corrected chi connectivity index (χ1v) is 10.3. The van der Waals surface area contributed by atoms with Crippen molar-refractivity contribution in [3.05, 3.63) is 89.5 Å². The van der Waals surface area contributed by atoms with Gasteiger partial charge in [-0.1, -0.05) is 29.5 Å². The van der Waals surface area contributed by atoms with Crippen LogP contribution in [0, 0.1) is 19.7 Å². The molecule has 4 rings (SSSR count). The van der Waals surface area contributed by atoms with Gasteiger partial charge in [0.2, 0.25) is 5.91 Å². The van der Waals surface area contributed by atoms with Crippen molar-refractivity contribution in [1.29, 1.82) is 0 Å². The zero-order valence-corrected chi connectivity index (χ0v) is 18.0. The van der Waals surface area contributed by atoms with E-state index < -0.39 is 0 Å². The van der Waals surface area contributed by atoms with E-state index in [1.54, 1.807) is 28.9 Å². The molecule has 1 amide bonds. The van der Waals surface area contributed by atoms with Crippen LogP contribution in [0.1, 0.15) is 23.2 Å². The largest absolute Gasteiger partial charge is 0.397 e. The molecule has 3 aromatic carbocycles. The summed E-state index contributed by atoms with van der Waals surface area (Å²) in [5, 5.41) is 11.2. The lowest BCUT2D eigenvalue weighted by Gasteiger charge is -2.10. The predicted octanol–water partition coefficient (Wildman–Crippen LogP) is 4.84. The second-order valence-electron chi connectivity index (χ2n) is 7.78. The molecular weight excluding hydrogens is 405 g/mol. The third kappa shape index (κ3) is 4.83. The highest BCUT2D eigenvalue weighted by molar-refractivity contribution is 5.95. The monoisotopic (exact) mass is 429 g/mol. The molecule has 0 radical (unpaired) electrons. The average Bonchev–Trinajstić information content (AvgIpc) is 3.25. The quantitative estimate of drug-likeness (QED) is 0.429. The lowest BCUT2D eigenvalue weighted by atomic mass is 10.0. The Morgan fingerprint density at radius 2 is 1.75 bits per heavy atom. The number of aryl methyl sites for hydroxylation is 3. The molecule has 0 unspecified atom stereocenters. The highest BCUT2D eigenvalue weighted by Gasteiger charge is 2.10. The Balaban J connectivity index is 1.40. The van der Waals surface area contributed by atoms with Crippen LogP contribution in [0.2, 0.25) is 0 Å². The fourth-order valence-corrected chi connectivity index (χ4v) is 3.35. The van der Waals surface area contributed by atoms with E-state index in [0.29, 0.717) is 17.8 Å². The normalized spacial score (nSPS) is 10.8. The summed E-state index contributed by atoms with van der Waals surface area (Å²) in [5.41, 5.74) is 12.8. The van der Waals surface area contributed by atoms with Crippen molar-refractivity contribution in [3.8, 4) is 16.8 Å². The first kappa shape index (κ1) is 21.2. The summed E-state index contributed by atoms with van der Waals surface area (Å²) in [5.74, 6) is -0.471. The molecule has 162 valence electrons. The Hall–Kier alpha value is -4.00. The van der Waals surface area contributed by atoms with E-state index in [1.165, 1.54) is 23.3 Å². The maximum Gasteiger partial charge on any atom is 0.224 e. The minimum Gasteiger partial charge on any atom is -0.397 e. The second kappa shape index (κ2) is 9.01. The van der Waals surface area contributed by atoms with Crippen LogP contribution >= 0.6 is 0 Å². The number of aromatic nitrogens is 3. The molecule has 1 heterocycles. The summed E-state index contributed by atoms with van der Waals surface area (Å²) in [6.45, 7) is 4.12. The van der Waals surface area contributed by atoms with Gasteiger partial charge in [0.05, 0.1) is 29.0 Å². The molecule has 0 aliphatic carbocycles. The van der Waals surface area contributed by atoms with Crippen LogP contribution in [-0.2, 0) is 11.2 Å². The van der Waals surface area contributed by atoms with Crippen LogP contribution in [0.25, 0.3) is 16.8 Å². The van der Waals surface area contributed by atoms with Gasteiger partial charge >= 0.3 is 0 Å². The maximum atomic E-state index is 13.2. The zero-order valence-electron chi connectivity index (χ0n) is 18.0. The Morgan fingerprint density at radius 3 is 2.50 bits per heavy atom. The van der Waals surface area contributed by atoms with E-state index in [1.807, 2.05) is 24.4 Å². The van der Waals surface area contributed by atoms with Gasteiger partial charge in [0.1, 0.15) is 5.82 Å². The number of hydrogen-bond acceptors (Lipinski definition) is 4. The summed E-state index contributed by atoms with van der Waals surface area (Å²) >= 11 is 0. The highest BCUT2D eigenvalue weighted by atomic mass is 19.1. The molecular formula is C25H24FN5O. The van der Waals surface area contributed by atoms with Crippen LogP contribution < -0.4 is 11.1 Å². The number of amides is 1. The van der Waals surface area contributed by atoms with Crippen LogP contribution in [-0.4, -0.2) is 20.9 Å². The molecule has 0 aliphatic rings. The van der Waals surface area contributed by atoms with Crippen molar-refractivity contribution in [2.75, 3.05) is 11.1 Å². The number of hydrogen-bond donors (Lipinski definition) is 2. The summed E-state index contributed by atoms with van der Waals surface area (Å²) in [6.07, 6.45) is 2.53. The van der Waals surface area contributed by atoms with Gasteiger partial charge in [-0.2, -0.15) is 0 Å². The molecule has 6 nitrogen and oxygen atoms in total. The highest BCUT2D eigenvalue weighted by Crippen LogP contribution is 2.27. The Kier molecular flexibility index (Phi) is 5.98. The minimum absolute atomic E-state index is 0.173. The molecule has 0 saturated carbocycles. The predicted molar refractivity (Wildman–Crippen MR) is 124 cm³/mol. The van der Waals surface area contributed by atoms with Crippen molar-refractivity contribution < 1.29 is 9.18 Å². The summed E-state index contributed by atoms with van der Waals surface area (Å²) in [7, 11) is 0. The maximum absolute atomic E-state index is 13.2. The van der Waals surface area contributed by atoms with Crippen LogP contribution in [0.15, 0.2) is 66.9 Å². The second-order valence-corrected chi connectivity index (χ2v) is 7.78. The number of anilines is 2. The molecule has 0 fully saturated rings. The fraction of sp³-hybridized carbons (Fsp3) is 0.160. The van der Waals surface area contributed by atoms with Crippen LogP contribution in [0.5, 0.6) is 0 Å². The zero-order chi connectivity index (χ0) is 22.7. The Bertz CT molecular complexity index is 1260. The smallest absolute Gasteiger partial charge is 0.224 e. The van der Waals surface area contributed by atoms with Gasteiger partial charge in [-0.05, 0) is 72.5 Å². The van der Waals surface area contributed by atoms with E-state index in [-0.39, 0.29) is 18.1 Å². The lowest BCUT2D eigenvalue weighted by molar-refractivity contribution is -0.116. The number of nitrogens with zero attached hydrogens (tertiary/aromatic N) is 3. The fourth-order valence-electron chi connectivity index (χ4n) is 3.35. The van der Waals surface area contributed by atoms with Gasteiger partial charge in [0.25, 0.3) is 0 Å². The Labute approximate surface area is 185 Å². The number of carbonyl (C=O) groups excluding carboxylic acids is 1. The van der Waals surface area contributed by atoms with Gasteiger partial charge in [-0.15, -0.1) is 5.10 Å². The van der Waals surface area contributed by atoms with E-state index in [9.17, 15) is 9.18 Å². The van der Waals surface area contributed by atoms with Gasteiger partial charge in [-0.25, -0.2) is 9.07 Å². The van der Waals surface area contributed by atoms with E-state index in [4.69, 9.17) is 5.73 Å². The number of benzene rings is 3. The first-order chi connectivity index (χ1) is 15.4. The average molecular weight is 429 g/mol. The van der Waals surface area contributed by atoms with Crippen LogP contribution in [0.3, 0.4) is 0 Å². The van der Waals surface area contributed by atoms with Crippen molar-refractivity contribution in [2.24, 2.45) is 0 Å². The van der Waals surface area contributed by atoms with Gasteiger partial charge in [0, 0.05) is 12.8 Å². The van der Waals surface area contributed by atoms with Crippen molar-refractivity contribution in [2.45, 2.75) is 26.7 Å². The third-order valence-corrected chi connectivity index (χ3v) is 5.41. The standard InChI is InChI=1S/C25H24FN5O/c1-16-3-10-22(13-17(16)2)31-15-21(29-30-31)9-12-25(32)28-24-14-19(6-11-23(24)27)18-4-7-20(26)8-5-18/h3-8,10-11,13-15H,9,12,27H2,1-2H3,(H,28,32). The van der Waals surface area contributed by atoms with E-state index in [2.05, 4.69) is 35.5 Å². The molecule has 0 spiro atoms. The molecule has 0 aliphatic heterocycles. The third-order valence-electron chi connectivity index (χ3n) is 5.41. The number of nitrogen functional groups attached to an aromatic ring is 1. The van der Waals surface area contributed by atoms with Crippen molar-refractivity contribution >= 4 is 17.3 Å².